The average molecular weight is 446 g/mol. The normalized spacial score (nSPS) is 17.3. The molecule has 1 saturated heterocycles. The van der Waals surface area contributed by atoms with Gasteiger partial charge in [-0.2, -0.15) is 9.57 Å². The van der Waals surface area contributed by atoms with Gasteiger partial charge in [-0.05, 0) is 42.5 Å². The number of amides is 1. The molecule has 30 heavy (non-hydrogen) atoms. The maximum atomic E-state index is 13.2. The van der Waals surface area contributed by atoms with E-state index in [2.05, 4.69) is 0 Å². The molecule has 158 valence electrons. The van der Waals surface area contributed by atoms with Gasteiger partial charge < -0.3 is 4.90 Å². The molecule has 1 unspecified atom stereocenters. The molecule has 1 heterocycles. The molecule has 6 nitrogen and oxygen atoms in total. The Bertz CT molecular complexity index is 1050. The second kappa shape index (κ2) is 9.61. The summed E-state index contributed by atoms with van der Waals surface area (Å²) in [5.74, 6) is -0.144. The molecule has 1 atom stereocenters. The number of nitriles is 1. The predicted octanol–water partition coefficient (Wildman–Crippen LogP) is 3.93. The minimum Gasteiger partial charge on any atom is -0.321 e. The molecule has 0 spiro atoms. The van der Waals surface area contributed by atoms with Gasteiger partial charge in [-0.15, -0.1) is 0 Å². The van der Waals surface area contributed by atoms with Crippen LogP contribution < -0.4 is 0 Å². The Morgan fingerprint density at radius 2 is 2.00 bits per heavy atom. The van der Waals surface area contributed by atoms with Gasteiger partial charge in [-0.3, -0.25) is 4.79 Å². The lowest BCUT2D eigenvalue weighted by molar-refractivity contribution is 0.0764. The van der Waals surface area contributed by atoms with Crippen molar-refractivity contribution in [3.63, 3.8) is 0 Å². The lowest BCUT2D eigenvalue weighted by Gasteiger charge is -2.30. The van der Waals surface area contributed by atoms with E-state index in [0.717, 1.165) is 18.4 Å². The second-order valence-corrected chi connectivity index (χ2v) is 9.87. The van der Waals surface area contributed by atoms with E-state index in [0.29, 0.717) is 13.1 Å². The number of carbonyl (C=O) groups excluding carboxylic acids is 1. The SMILES string of the molecule is CC1CCCN(S(=O)(=O)c2cc(C(=O)N(CC#N)Cc3ccccc3)ccc2Cl)C1. The van der Waals surface area contributed by atoms with E-state index in [4.69, 9.17) is 16.9 Å². The van der Waals surface area contributed by atoms with Crippen molar-refractivity contribution in [2.75, 3.05) is 19.6 Å². The summed E-state index contributed by atoms with van der Waals surface area (Å²) < 4.78 is 27.8. The maximum absolute atomic E-state index is 13.2. The van der Waals surface area contributed by atoms with Crippen LogP contribution in [-0.2, 0) is 16.6 Å². The van der Waals surface area contributed by atoms with E-state index in [-0.39, 0.29) is 34.5 Å². The zero-order valence-corrected chi connectivity index (χ0v) is 18.4. The third-order valence-corrected chi connectivity index (χ3v) is 7.53. The van der Waals surface area contributed by atoms with Crippen LogP contribution in [0.5, 0.6) is 0 Å². The Morgan fingerprint density at radius 3 is 2.67 bits per heavy atom. The van der Waals surface area contributed by atoms with Gasteiger partial charge in [0.25, 0.3) is 5.91 Å². The highest BCUT2D eigenvalue weighted by atomic mass is 35.5. The zero-order chi connectivity index (χ0) is 21.7. The second-order valence-electron chi connectivity index (χ2n) is 7.56. The number of benzene rings is 2. The first kappa shape index (κ1) is 22.3. The Labute approximate surface area is 182 Å². The molecule has 0 aromatic heterocycles. The van der Waals surface area contributed by atoms with Gasteiger partial charge in [0.15, 0.2) is 0 Å². The van der Waals surface area contributed by atoms with Gasteiger partial charge in [0.05, 0.1) is 11.1 Å². The summed E-state index contributed by atoms with van der Waals surface area (Å²) in [5, 5.41) is 9.25. The summed E-state index contributed by atoms with van der Waals surface area (Å²) in [7, 11) is -3.81. The molecule has 3 rings (SSSR count). The van der Waals surface area contributed by atoms with Crippen molar-refractivity contribution >= 4 is 27.5 Å². The number of piperidine rings is 1. The first-order valence-electron chi connectivity index (χ1n) is 9.82. The molecule has 0 bridgehead atoms. The molecule has 2 aromatic rings. The van der Waals surface area contributed by atoms with Gasteiger partial charge in [-0.25, -0.2) is 8.42 Å². The van der Waals surface area contributed by atoms with Crippen LogP contribution in [0.3, 0.4) is 0 Å². The van der Waals surface area contributed by atoms with E-state index < -0.39 is 15.9 Å². The molecule has 8 heteroatoms. The van der Waals surface area contributed by atoms with Crippen LogP contribution in [0.2, 0.25) is 5.02 Å². The van der Waals surface area contributed by atoms with Crippen molar-refractivity contribution in [2.24, 2.45) is 5.92 Å². The molecule has 1 fully saturated rings. The fraction of sp³-hybridized carbons (Fsp3) is 0.364. The molecular weight excluding hydrogens is 422 g/mol. The first-order valence-corrected chi connectivity index (χ1v) is 11.6. The standard InChI is InChI=1S/C22H24ClN3O3S/c1-17-6-5-12-26(15-17)30(28,29)21-14-19(9-10-20(21)23)22(27)25(13-11-24)16-18-7-3-2-4-8-18/h2-4,7-10,14,17H,5-6,12-13,15-16H2,1H3. The third-order valence-electron chi connectivity index (χ3n) is 5.18. The Balaban J connectivity index is 1.91. The Kier molecular flexibility index (Phi) is 7.14. The van der Waals surface area contributed by atoms with Gasteiger partial charge in [-0.1, -0.05) is 48.9 Å². The predicted molar refractivity (Wildman–Crippen MR) is 115 cm³/mol. The summed E-state index contributed by atoms with van der Waals surface area (Å²) in [6.45, 7) is 3.04. The molecular formula is C22H24ClN3O3S. The van der Waals surface area contributed by atoms with E-state index in [9.17, 15) is 13.2 Å². The van der Waals surface area contributed by atoms with E-state index in [1.165, 1.54) is 27.4 Å². The molecule has 1 aliphatic rings. The molecule has 1 aliphatic heterocycles. The highest BCUT2D eigenvalue weighted by molar-refractivity contribution is 7.89. The topological polar surface area (TPSA) is 81.5 Å². The van der Waals surface area contributed by atoms with Crippen molar-refractivity contribution in [3.05, 3.63) is 64.7 Å². The first-order chi connectivity index (χ1) is 14.3. The van der Waals surface area contributed by atoms with Crippen LogP contribution in [0, 0.1) is 17.2 Å². The van der Waals surface area contributed by atoms with Crippen LogP contribution >= 0.6 is 11.6 Å². The van der Waals surface area contributed by atoms with Crippen LogP contribution in [0.15, 0.2) is 53.4 Å². The summed E-state index contributed by atoms with van der Waals surface area (Å²) in [5.41, 5.74) is 1.07. The number of carbonyl (C=O) groups is 1. The largest absolute Gasteiger partial charge is 0.321 e. The minimum atomic E-state index is -3.81. The summed E-state index contributed by atoms with van der Waals surface area (Å²) in [6.07, 6.45) is 1.78. The van der Waals surface area contributed by atoms with Crippen LogP contribution in [0.4, 0.5) is 0 Å². The lowest BCUT2D eigenvalue weighted by atomic mass is 10.0. The number of rotatable bonds is 6. The molecule has 1 amide bonds. The smallest absolute Gasteiger partial charge is 0.255 e. The highest BCUT2D eigenvalue weighted by Crippen LogP contribution is 2.29. The quantitative estimate of drug-likeness (QED) is 0.631. The van der Waals surface area contributed by atoms with Crippen LogP contribution in [-0.4, -0.2) is 43.2 Å². The molecule has 0 saturated carbocycles. The van der Waals surface area contributed by atoms with Crippen LogP contribution in [0.25, 0.3) is 0 Å². The van der Waals surface area contributed by atoms with Gasteiger partial charge in [0, 0.05) is 25.2 Å². The zero-order valence-electron chi connectivity index (χ0n) is 16.8. The van der Waals surface area contributed by atoms with E-state index in [1.807, 2.05) is 43.3 Å². The summed E-state index contributed by atoms with van der Waals surface area (Å²) >= 11 is 6.23. The van der Waals surface area contributed by atoms with Crippen molar-refractivity contribution in [1.29, 1.82) is 5.26 Å². The highest BCUT2D eigenvalue weighted by Gasteiger charge is 2.31. The van der Waals surface area contributed by atoms with E-state index >= 15 is 0 Å². The average Bonchev–Trinajstić information content (AvgIpc) is 2.74. The summed E-state index contributed by atoms with van der Waals surface area (Å²) in [4.78, 5) is 14.4. The monoisotopic (exact) mass is 445 g/mol. The summed E-state index contributed by atoms with van der Waals surface area (Å²) in [6, 6.07) is 15.6. The Hall–Kier alpha value is -2.40. The third kappa shape index (κ3) is 5.01. The number of nitrogens with zero attached hydrogens (tertiary/aromatic N) is 3. The lowest BCUT2D eigenvalue weighted by Crippen LogP contribution is -2.39. The molecule has 0 aliphatic carbocycles. The minimum absolute atomic E-state index is 0.0688. The fourth-order valence-corrected chi connectivity index (χ4v) is 5.71. The molecule has 0 N–H and O–H groups in total. The number of hydrogen-bond acceptors (Lipinski definition) is 4. The Morgan fingerprint density at radius 1 is 1.27 bits per heavy atom. The van der Waals surface area contributed by atoms with E-state index in [1.54, 1.807) is 0 Å². The maximum Gasteiger partial charge on any atom is 0.255 e. The fourth-order valence-electron chi connectivity index (χ4n) is 3.61. The van der Waals surface area contributed by atoms with Gasteiger partial charge >= 0.3 is 0 Å². The molecule has 2 aromatic carbocycles. The van der Waals surface area contributed by atoms with Crippen molar-refractivity contribution in [2.45, 2.75) is 31.2 Å². The van der Waals surface area contributed by atoms with Gasteiger partial charge in [0.1, 0.15) is 11.4 Å². The van der Waals surface area contributed by atoms with Gasteiger partial charge in [0.2, 0.25) is 10.0 Å². The number of sulfonamides is 1. The number of hydrogen-bond donors (Lipinski definition) is 0. The van der Waals surface area contributed by atoms with Crippen molar-refractivity contribution < 1.29 is 13.2 Å². The van der Waals surface area contributed by atoms with Crippen molar-refractivity contribution in [1.82, 2.24) is 9.21 Å². The van der Waals surface area contributed by atoms with Crippen LogP contribution in [0.1, 0.15) is 35.7 Å². The number of halogens is 1. The molecule has 0 radical (unpaired) electrons. The van der Waals surface area contributed by atoms with Crippen molar-refractivity contribution in [3.8, 4) is 6.07 Å².